The number of nitro benzene ring substituents is 1. The number of hydrogen-bond donors (Lipinski definition) is 1. The number of urea groups is 1. The Bertz CT molecular complexity index is 792. The van der Waals surface area contributed by atoms with Gasteiger partial charge in [-0.3, -0.25) is 15.0 Å². The summed E-state index contributed by atoms with van der Waals surface area (Å²) < 4.78 is 13.4. The van der Waals surface area contributed by atoms with E-state index in [1.54, 1.807) is 11.0 Å². The lowest BCUT2D eigenvalue weighted by atomic mass is 9.97. The van der Waals surface area contributed by atoms with Gasteiger partial charge in [0.1, 0.15) is 5.82 Å². The Kier molecular flexibility index (Phi) is 4.16. The Balaban J connectivity index is 1.83. The summed E-state index contributed by atoms with van der Waals surface area (Å²) in [6, 6.07) is 9.65. The van der Waals surface area contributed by atoms with Crippen LogP contribution >= 0.6 is 0 Å². The molecular formula is C17H16FN3O3. The average Bonchev–Trinajstić information content (AvgIpc) is 2.55. The Hall–Kier alpha value is -2.96. The highest BCUT2D eigenvalue weighted by Crippen LogP contribution is 2.31. The van der Waals surface area contributed by atoms with E-state index in [4.69, 9.17) is 0 Å². The van der Waals surface area contributed by atoms with Crippen molar-refractivity contribution in [1.29, 1.82) is 0 Å². The molecule has 24 heavy (non-hydrogen) atoms. The molecule has 3 rings (SSSR count). The molecule has 0 radical (unpaired) electrons. The third-order valence-electron chi connectivity index (χ3n) is 4.12. The summed E-state index contributed by atoms with van der Waals surface area (Å²) >= 11 is 0. The van der Waals surface area contributed by atoms with Crippen molar-refractivity contribution in [2.24, 2.45) is 0 Å². The summed E-state index contributed by atoms with van der Waals surface area (Å²) in [5.74, 6) is -0.320. The Morgan fingerprint density at radius 3 is 2.67 bits per heavy atom. The average molecular weight is 329 g/mol. The number of nitrogens with zero attached hydrogens (tertiary/aromatic N) is 2. The zero-order valence-electron chi connectivity index (χ0n) is 13.0. The van der Waals surface area contributed by atoms with E-state index in [0.29, 0.717) is 11.4 Å². The normalized spacial score (nSPS) is 16.4. The fourth-order valence-corrected chi connectivity index (χ4v) is 2.88. The number of carbonyl (C=O) groups is 1. The van der Waals surface area contributed by atoms with Crippen molar-refractivity contribution >= 4 is 23.1 Å². The summed E-state index contributed by atoms with van der Waals surface area (Å²) in [7, 11) is 0. The van der Waals surface area contributed by atoms with E-state index < -0.39 is 4.92 Å². The number of hydrogen-bond acceptors (Lipinski definition) is 3. The molecule has 7 heteroatoms. The van der Waals surface area contributed by atoms with Crippen molar-refractivity contribution in [2.45, 2.75) is 25.8 Å². The van der Waals surface area contributed by atoms with E-state index in [-0.39, 0.29) is 23.6 Å². The molecule has 6 nitrogen and oxygen atoms in total. The van der Waals surface area contributed by atoms with E-state index in [2.05, 4.69) is 5.32 Å². The number of rotatable bonds is 2. The quantitative estimate of drug-likeness (QED) is 0.665. The number of anilines is 2. The second-order valence-electron chi connectivity index (χ2n) is 5.76. The van der Waals surface area contributed by atoms with Crippen LogP contribution in [0.2, 0.25) is 0 Å². The van der Waals surface area contributed by atoms with Crippen molar-refractivity contribution in [3.05, 3.63) is 64.0 Å². The number of nitro groups is 1. The number of non-ortho nitro benzene ring substituents is 1. The van der Waals surface area contributed by atoms with Crippen molar-refractivity contribution in [2.75, 3.05) is 10.2 Å². The van der Waals surface area contributed by atoms with E-state index in [1.165, 1.54) is 36.4 Å². The van der Waals surface area contributed by atoms with Crippen LogP contribution in [0.15, 0.2) is 42.5 Å². The molecule has 0 saturated carbocycles. The maximum Gasteiger partial charge on any atom is 0.326 e. The first kappa shape index (κ1) is 15.9. The van der Waals surface area contributed by atoms with Gasteiger partial charge in [0.05, 0.1) is 4.92 Å². The summed E-state index contributed by atoms with van der Waals surface area (Å²) in [6.45, 7) is 1.93. The number of carbonyl (C=O) groups excluding carboxylic acids is 1. The van der Waals surface area contributed by atoms with Gasteiger partial charge in [0, 0.05) is 29.5 Å². The second kappa shape index (κ2) is 6.27. The van der Waals surface area contributed by atoms with Crippen molar-refractivity contribution in [3.63, 3.8) is 0 Å². The molecule has 124 valence electrons. The van der Waals surface area contributed by atoms with Gasteiger partial charge >= 0.3 is 6.03 Å². The first-order valence-electron chi connectivity index (χ1n) is 7.59. The fourth-order valence-electron chi connectivity index (χ4n) is 2.88. The van der Waals surface area contributed by atoms with Crippen LogP contribution in [-0.2, 0) is 6.42 Å². The molecule has 1 aliphatic rings. The molecule has 2 amide bonds. The number of nitrogens with one attached hydrogen (secondary N) is 1. The summed E-state index contributed by atoms with van der Waals surface area (Å²) in [4.78, 5) is 24.4. The maximum atomic E-state index is 13.4. The minimum Gasteiger partial charge on any atom is -0.308 e. The van der Waals surface area contributed by atoms with Gasteiger partial charge in [-0.25, -0.2) is 9.18 Å². The molecule has 1 heterocycles. The highest BCUT2D eigenvalue weighted by Gasteiger charge is 2.28. The third kappa shape index (κ3) is 3.05. The van der Waals surface area contributed by atoms with Crippen LogP contribution in [0.1, 0.15) is 18.9 Å². The number of fused-ring (bicyclic) bond motifs is 1. The monoisotopic (exact) mass is 329 g/mol. The molecule has 2 aromatic rings. The minimum atomic E-state index is -0.497. The number of halogens is 1. The highest BCUT2D eigenvalue weighted by atomic mass is 19.1. The molecule has 0 fully saturated rings. The molecule has 0 bridgehead atoms. The van der Waals surface area contributed by atoms with Crippen LogP contribution in [0.4, 0.5) is 26.2 Å². The number of amides is 2. The van der Waals surface area contributed by atoms with Gasteiger partial charge in [0.25, 0.3) is 5.69 Å². The molecule has 0 aromatic heterocycles. The maximum absolute atomic E-state index is 13.4. The number of aryl methyl sites for hydroxylation is 1. The molecular weight excluding hydrogens is 313 g/mol. The largest absolute Gasteiger partial charge is 0.326 e. The molecule has 0 aliphatic carbocycles. The SMILES string of the molecule is CC1CCc2cc(F)ccc2N1C(=O)Nc1ccc([N+](=O)[O-])cc1. The Morgan fingerprint density at radius 2 is 2.00 bits per heavy atom. The lowest BCUT2D eigenvalue weighted by Gasteiger charge is -2.35. The van der Waals surface area contributed by atoms with Crippen LogP contribution in [-0.4, -0.2) is 17.0 Å². The van der Waals surface area contributed by atoms with E-state index in [9.17, 15) is 19.3 Å². The van der Waals surface area contributed by atoms with E-state index in [1.807, 2.05) is 6.92 Å². The zero-order valence-corrected chi connectivity index (χ0v) is 13.0. The smallest absolute Gasteiger partial charge is 0.308 e. The van der Waals surface area contributed by atoms with Crippen LogP contribution in [0, 0.1) is 15.9 Å². The molecule has 1 unspecified atom stereocenters. The number of benzene rings is 2. The summed E-state index contributed by atoms with van der Waals surface area (Å²) in [6.07, 6.45) is 1.46. The third-order valence-corrected chi connectivity index (χ3v) is 4.12. The molecule has 2 aromatic carbocycles. The zero-order chi connectivity index (χ0) is 17.3. The predicted octanol–water partition coefficient (Wildman–Crippen LogP) is 4.11. The van der Waals surface area contributed by atoms with Crippen LogP contribution in [0.3, 0.4) is 0 Å². The van der Waals surface area contributed by atoms with Crippen LogP contribution in [0.5, 0.6) is 0 Å². The molecule has 1 aliphatic heterocycles. The molecule has 1 atom stereocenters. The molecule has 0 spiro atoms. The Labute approximate surface area is 138 Å². The molecule has 0 saturated heterocycles. The van der Waals surface area contributed by atoms with Gasteiger partial charge in [-0.1, -0.05) is 0 Å². The second-order valence-corrected chi connectivity index (χ2v) is 5.76. The van der Waals surface area contributed by atoms with E-state index >= 15 is 0 Å². The Morgan fingerprint density at radius 1 is 1.29 bits per heavy atom. The minimum absolute atomic E-state index is 0.0268. The van der Waals surface area contributed by atoms with Gasteiger partial charge in [-0.05, 0) is 55.7 Å². The van der Waals surface area contributed by atoms with Gasteiger partial charge in [-0.15, -0.1) is 0 Å². The molecule has 1 N–H and O–H groups in total. The van der Waals surface area contributed by atoms with Gasteiger partial charge in [0.15, 0.2) is 0 Å². The topological polar surface area (TPSA) is 75.5 Å². The summed E-state index contributed by atoms with van der Waals surface area (Å²) in [5.41, 5.74) is 1.91. The van der Waals surface area contributed by atoms with Crippen molar-refractivity contribution in [3.8, 4) is 0 Å². The fraction of sp³-hybridized carbons (Fsp3) is 0.235. The summed E-state index contributed by atoms with van der Waals surface area (Å²) in [5, 5.41) is 13.4. The van der Waals surface area contributed by atoms with Crippen molar-refractivity contribution in [1.82, 2.24) is 0 Å². The van der Waals surface area contributed by atoms with Gasteiger partial charge in [0.2, 0.25) is 0 Å². The lowest BCUT2D eigenvalue weighted by molar-refractivity contribution is -0.384. The van der Waals surface area contributed by atoms with Gasteiger partial charge < -0.3 is 5.32 Å². The van der Waals surface area contributed by atoms with Crippen LogP contribution < -0.4 is 10.2 Å². The van der Waals surface area contributed by atoms with Crippen LogP contribution in [0.25, 0.3) is 0 Å². The van der Waals surface area contributed by atoms with E-state index in [0.717, 1.165) is 18.4 Å². The standard InChI is InChI=1S/C17H16FN3O3/c1-11-2-3-12-10-13(18)4-9-16(12)20(11)17(22)19-14-5-7-15(8-6-14)21(23)24/h4-11H,2-3H2,1H3,(H,19,22). The lowest BCUT2D eigenvalue weighted by Crippen LogP contribution is -2.44. The first-order valence-corrected chi connectivity index (χ1v) is 7.59. The highest BCUT2D eigenvalue weighted by molar-refractivity contribution is 6.03. The first-order chi connectivity index (χ1) is 11.5. The predicted molar refractivity (Wildman–Crippen MR) is 88.8 cm³/mol. The van der Waals surface area contributed by atoms with Crippen molar-refractivity contribution < 1.29 is 14.1 Å². The van der Waals surface area contributed by atoms with Gasteiger partial charge in [-0.2, -0.15) is 0 Å².